The molecule has 1 rings (SSSR count). The summed E-state index contributed by atoms with van der Waals surface area (Å²) < 4.78 is 1.09. The van der Waals surface area contributed by atoms with Crippen LogP contribution < -0.4 is 16.4 Å². The van der Waals surface area contributed by atoms with Crippen molar-refractivity contribution < 1.29 is 9.59 Å². The zero-order valence-electron chi connectivity index (χ0n) is 6.94. The Hall–Kier alpha value is -2.05. The molecule has 0 atom stereocenters. The molecule has 1 aromatic rings. The highest BCUT2D eigenvalue weighted by molar-refractivity contribution is 5.85. The second-order valence-electron chi connectivity index (χ2n) is 2.17. The molecule has 0 radical (unpaired) electrons. The maximum atomic E-state index is 11.1. The minimum absolute atomic E-state index is 0.0893. The van der Waals surface area contributed by atoms with Gasteiger partial charge < -0.3 is 16.4 Å². The molecule has 7 heteroatoms. The van der Waals surface area contributed by atoms with Crippen molar-refractivity contribution in [2.75, 3.05) is 18.1 Å². The summed E-state index contributed by atoms with van der Waals surface area (Å²) >= 11 is 0. The molecule has 0 saturated carbocycles. The molecule has 0 aliphatic heterocycles. The summed E-state index contributed by atoms with van der Waals surface area (Å²) in [4.78, 5) is 24.8. The van der Waals surface area contributed by atoms with Crippen molar-refractivity contribution in [2.24, 2.45) is 0 Å². The number of hydrogen-bond acceptors (Lipinski definition) is 4. The highest BCUT2D eigenvalue weighted by atomic mass is 16.2. The number of nitrogen functional groups attached to an aromatic ring is 1. The minimum atomic E-state index is -0.413. The van der Waals surface area contributed by atoms with Crippen molar-refractivity contribution >= 4 is 24.1 Å². The first-order valence-electron chi connectivity index (χ1n) is 3.45. The largest absolute Gasteiger partial charge is 0.382 e. The average molecular weight is 183 g/mol. The van der Waals surface area contributed by atoms with Crippen LogP contribution in [0.1, 0.15) is 0 Å². The lowest BCUT2D eigenvalue weighted by Crippen LogP contribution is -2.25. The summed E-state index contributed by atoms with van der Waals surface area (Å²) in [5.74, 6) is 0.255. The van der Waals surface area contributed by atoms with Gasteiger partial charge in [-0.3, -0.25) is 4.79 Å². The van der Waals surface area contributed by atoms with Crippen LogP contribution in [0, 0.1) is 0 Å². The van der Waals surface area contributed by atoms with Gasteiger partial charge in [-0.15, -0.1) is 0 Å². The van der Waals surface area contributed by atoms with E-state index in [0.29, 0.717) is 6.41 Å². The van der Waals surface area contributed by atoms with E-state index in [1.54, 1.807) is 0 Å². The molecule has 0 aromatic carbocycles. The van der Waals surface area contributed by atoms with E-state index in [1.807, 2.05) is 0 Å². The van der Waals surface area contributed by atoms with Crippen LogP contribution in [-0.2, 0) is 4.79 Å². The molecule has 0 aliphatic carbocycles. The summed E-state index contributed by atoms with van der Waals surface area (Å²) in [6, 6.07) is -0.413. The number of nitrogens with one attached hydrogen (secondary N) is 2. The average Bonchev–Trinajstić information content (AvgIpc) is 2.48. The third-order valence-corrected chi connectivity index (χ3v) is 1.43. The lowest BCUT2D eigenvalue weighted by molar-refractivity contribution is -0.105. The number of nitrogens with zero attached hydrogens (tertiary/aromatic N) is 2. The van der Waals surface area contributed by atoms with Gasteiger partial charge in [0.15, 0.2) is 11.6 Å². The lowest BCUT2D eigenvalue weighted by Gasteiger charge is -2.01. The molecule has 0 saturated heterocycles. The van der Waals surface area contributed by atoms with Crippen LogP contribution in [0.2, 0.25) is 0 Å². The van der Waals surface area contributed by atoms with Gasteiger partial charge in [0.05, 0.1) is 0 Å². The summed E-state index contributed by atoms with van der Waals surface area (Å²) in [6.07, 6.45) is 1.66. The number of carbonyl (C=O) groups excluding carboxylic acids is 2. The Morgan fingerprint density at radius 1 is 1.77 bits per heavy atom. The van der Waals surface area contributed by atoms with Gasteiger partial charge in [-0.1, -0.05) is 0 Å². The Balaban J connectivity index is 2.98. The molecule has 7 nitrogen and oxygen atoms in total. The molecule has 0 unspecified atom stereocenters. The monoisotopic (exact) mass is 183 g/mol. The maximum absolute atomic E-state index is 11.1. The fourth-order valence-corrected chi connectivity index (χ4v) is 0.807. The van der Waals surface area contributed by atoms with E-state index in [4.69, 9.17) is 5.73 Å². The Labute approximate surface area is 73.9 Å². The Morgan fingerprint density at radius 3 is 3.00 bits per heavy atom. The van der Waals surface area contributed by atoms with Crippen LogP contribution in [-0.4, -0.2) is 29.0 Å². The molecule has 1 heterocycles. The first kappa shape index (κ1) is 9.04. The van der Waals surface area contributed by atoms with Crippen LogP contribution in [0.25, 0.3) is 0 Å². The fraction of sp³-hybridized carbons (Fsp3) is 0.167. The van der Waals surface area contributed by atoms with Gasteiger partial charge in [-0.05, 0) is 0 Å². The highest BCUT2D eigenvalue weighted by Gasteiger charge is 2.10. The van der Waals surface area contributed by atoms with Crippen molar-refractivity contribution in [1.29, 1.82) is 0 Å². The molecule has 0 aliphatic rings. The Bertz CT molecular complexity index is 332. The van der Waals surface area contributed by atoms with Crippen LogP contribution in [0.5, 0.6) is 0 Å². The number of aromatic nitrogens is 2. The van der Waals surface area contributed by atoms with Gasteiger partial charge >= 0.3 is 6.03 Å². The first-order valence-corrected chi connectivity index (χ1v) is 3.45. The molecule has 70 valence electrons. The Kier molecular flexibility index (Phi) is 2.48. The Morgan fingerprint density at radius 2 is 2.46 bits per heavy atom. The zero-order chi connectivity index (χ0) is 9.84. The van der Waals surface area contributed by atoms with Crippen LogP contribution in [0.3, 0.4) is 0 Å². The molecule has 4 N–H and O–H groups in total. The SMILES string of the molecule is CNC(=O)n1cnc(NC=O)c1N. The third kappa shape index (κ3) is 1.58. The molecular formula is C6H9N5O2. The van der Waals surface area contributed by atoms with Gasteiger partial charge in [-0.2, -0.15) is 0 Å². The predicted octanol–water partition coefficient (Wildman–Crippen LogP) is -0.779. The highest BCUT2D eigenvalue weighted by Crippen LogP contribution is 2.13. The summed E-state index contributed by atoms with van der Waals surface area (Å²) in [6.45, 7) is 0. The number of nitrogens with two attached hydrogens (primary N) is 1. The standard InChI is InChI=1S/C6H9N5O2/c1-8-6(13)11-2-9-5(4(11)7)10-3-12/h2-3H,7H2,1H3,(H,8,13)(H,10,12). The lowest BCUT2D eigenvalue weighted by atomic mass is 10.6. The van der Waals surface area contributed by atoms with Gasteiger partial charge in [0.25, 0.3) is 0 Å². The topological polar surface area (TPSA) is 102 Å². The quantitative estimate of drug-likeness (QED) is 0.523. The number of amides is 2. The molecule has 0 fully saturated rings. The number of carbonyl (C=O) groups is 2. The zero-order valence-corrected chi connectivity index (χ0v) is 6.94. The smallest absolute Gasteiger partial charge is 0.328 e. The second-order valence-corrected chi connectivity index (χ2v) is 2.17. The van der Waals surface area contributed by atoms with Gasteiger partial charge in [0, 0.05) is 7.05 Å². The number of rotatable bonds is 2. The van der Waals surface area contributed by atoms with Gasteiger partial charge in [-0.25, -0.2) is 14.3 Å². The summed E-state index contributed by atoms with van der Waals surface area (Å²) in [5, 5.41) is 4.62. The number of hydrogen-bond donors (Lipinski definition) is 3. The van der Waals surface area contributed by atoms with Gasteiger partial charge in [0.1, 0.15) is 6.33 Å². The minimum Gasteiger partial charge on any atom is -0.382 e. The molecule has 2 amide bonds. The van der Waals surface area contributed by atoms with E-state index in [-0.39, 0.29) is 11.6 Å². The van der Waals surface area contributed by atoms with E-state index in [0.717, 1.165) is 4.57 Å². The third-order valence-electron chi connectivity index (χ3n) is 1.43. The van der Waals surface area contributed by atoms with Crippen molar-refractivity contribution in [1.82, 2.24) is 14.9 Å². The summed E-state index contributed by atoms with van der Waals surface area (Å²) in [7, 11) is 1.47. The fourth-order valence-electron chi connectivity index (χ4n) is 0.807. The molecule has 0 spiro atoms. The van der Waals surface area contributed by atoms with Crippen molar-refractivity contribution in [3.63, 3.8) is 0 Å². The normalized spacial score (nSPS) is 9.31. The number of imidazole rings is 1. The van der Waals surface area contributed by atoms with Crippen LogP contribution in [0.15, 0.2) is 6.33 Å². The van der Waals surface area contributed by atoms with E-state index < -0.39 is 6.03 Å². The van der Waals surface area contributed by atoms with E-state index in [9.17, 15) is 9.59 Å². The molecule has 0 bridgehead atoms. The van der Waals surface area contributed by atoms with Crippen molar-refractivity contribution in [3.05, 3.63) is 6.33 Å². The van der Waals surface area contributed by atoms with Crippen molar-refractivity contribution in [3.8, 4) is 0 Å². The maximum Gasteiger partial charge on any atom is 0.328 e. The predicted molar refractivity (Wildman–Crippen MR) is 46.2 cm³/mol. The van der Waals surface area contributed by atoms with E-state index in [1.165, 1.54) is 13.4 Å². The summed E-state index contributed by atoms with van der Waals surface area (Å²) in [5.41, 5.74) is 5.48. The van der Waals surface area contributed by atoms with Crippen LogP contribution in [0.4, 0.5) is 16.4 Å². The first-order chi connectivity index (χ1) is 6.20. The molecule has 13 heavy (non-hydrogen) atoms. The van der Waals surface area contributed by atoms with Crippen LogP contribution >= 0.6 is 0 Å². The van der Waals surface area contributed by atoms with Crippen molar-refractivity contribution in [2.45, 2.75) is 0 Å². The molecule has 1 aromatic heterocycles. The number of anilines is 2. The second kappa shape index (κ2) is 3.57. The van der Waals surface area contributed by atoms with E-state index >= 15 is 0 Å². The molecular weight excluding hydrogens is 174 g/mol. The van der Waals surface area contributed by atoms with Gasteiger partial charge in [0.2, 0.25) is 6.41 Å². The van der Waals surface area contributed by atoms with E-state index in [2.05, 4.69) is 15.6 Å².